The van der Waals surface area contributed by atoms with Crippen LogP contribution in [0.25, 0.3) is 0 Å². The van der Waals surface area contributed by atoms with Crippen LogP contribution in [0.2, 0.25) is 0 Å². The van der Waals surface area contributed by atoms with Crippen molar-refractivity contribution in [3.8, 4) is 5.75 Å². The number of amides is 1. The smallest absolute Gasteiger partial charge is 0.261 e. The van der Waals surface area contributed by atoms with Crippen molar-refractivity contribution in [1.82, 2.24) is 5.32 Å². The molecule has 1 amide bonds. The molecule has 1 N–H and O–H groups in total. The van der Waals surface area contributed by atoms with Crippen LogP contribution in [0.1, 0.15) is 48.6 Å². The van der Waals surface area contributed by atoms with Crippen molar-refractivity contribution >= 4 is 5.91 Å². The Bertz CT molecular complexity index is 671. The van der Waals surface area contributed by atoms with Gasteiger partial charge in [-0.15, -0.1) is 0 Å². The van der Waals surface area contributed by atoms with Crippen LogP contribution in [-0.2, 0) is 4.79 Å². The fraction of sp³-hybridized carbons (Fsp3) is 0.381. The zero-order valence-corrected chi connectivity index (χ0v) is 15.2. The number of ether oxygens (including phenoxy) is 1. The first kappa shape index (κ1) is 18.1. The van der Waals surface area contributed by atoms with Gasteiger partial charge in [-0.2, -0.15) is 0 Å². The highest BCUT2D eigenvalue weighted by atomic mass is 16.5. The minimum Gasteiger partial charge on any atom is -0.481 e. The van der Waals surface area contributed by atoms with Crippen molar-refractivity contribution < 1.29 is 9.53 Å². The highest BCUT2D eigenvalue weighted by Gasteiger charge is 2.19. The molecule has 0 bridgehead atoms. The average molecular weight is 325 g/mol. The van der Waals surface area contributed by atoms with Crippen LogP contribution in [0.15, 0.2) is 42.5 Å². The molecule has 2 rings (SSSR count). The molecule has 0 unspecified atom stereocenters. The molecule has 0 fully saturated rings. The second kappa shape index (κ2) is 8.00. The quantitative estimate of drug-likeness (QED) is 0.840. The van der Waals surface area contributed by atoms with Crippen LogP contribution >= 0.6 is 0 Å². The van der Waals surface area contributed by atoms with Gasteiger partial charge in [0, 0.05) is 0 Å². The van der Waals surface area contributed by atoms with Crippen molar-refractivity contribution in [1.29, 1.82) is 0 Å². The van der Waals surface area contributed by atoms with E-state index < -0.39 is 6.10 Å². The summed E-state index contributed by atoms with van der Waals surface area (Å²) in [5.41, 5.74) is 4.59. The highest BCUT2D eigenvalue weighted by Crippen LogP contribution is 2.20. The average Bonchev–Trinajstić information content (AvgIpc) is 2.52. The monoisotopic (exact) mass is 325 g/mol. The zero-order valence-electron chi connectivity index (χ0n) is 15.2. The van der Waals surface area contributed by atoms with E-state index in [1.54, 1.807) is 6.92 Å². The van der Waals surface area contributed by atoms with Crippen molar-refractivity contribution in [2.75, 3.05) is 0 Å². The zero-order chi connectivity index (χ0) is 17.7. The van der Waals surface area contributed by atoms with E-state index in [0.717, 1.165) is 28.9 Å². The summed E-state index contributed by atoms with van der Waals surface area (Å²) in [6.07, 6.45) is 0.302. The molecule has 3 heteroatoms. The fourth-order valence-corrected chi connectivity index (χ4v) is 2.77. The van der Waals surface area contributed by atoms with Crippen LogP contribution in [0.5, 0.6) is 5.75 Å². The van der Waals surface area contributed by atoms with Crippen molar-refractivity contribution in [3.05, 3.63) is 64.7 Å². The Hall–Kier alpha value is -2.29. The van der Waals surface area contributed by atoms with Crippen molar-refractivity contribution in [2.45, 2.75) is 53.2 Å². The molecule has 2 aromatic carbocycles. The molecule has 3 nitrogen and oxygen atoms in total. The second-order valence-electron chi connectivity index (χ2n) is 6.46. The van der Waals surface area contributed by atoms with E-state index in [2.05, 4.69) is 49.5 Å². The Morgan fingerprint density at radius 2 is 1.58 bits per heavy atom. The Labute approximate surface area is 145 Å². The van der Waals surface area contributed by atoms with Crippen molar-refractivity contribution in [3.63, 3.8) is 0 Å². The molecule has 0 radical (unpaired) electrons. The lowest BCUT2D eigenvalue weighted by molar-refractivity contribution is -0.128. The number of benzene rings is 2. The molecule has 0 aliphatic rings. The molecule has 24 heavy (non-hydrogen) atoms. The molecule has 128 valence electrons. The Balaban J connectivity index is 2.02. The van der Waals surface area contributed by atoms with E-state index in [4.69, 9.17) is 4.74 Å². The first-order valence-electron chi connectivity index (χ1n) is 8.51. The molecule has 2 aromatic rings. The van der Waals surface area contributed by atoms with E-state index >= 15 is 0 Å². The van der Waals surface area contributed by atoms with Gasteiger partial charge in [-0.3, -0.25) is 4.79 Å². The summed E-state index contributed by atoms with van der Waals surface area (Å²) in [6.45, 7) is 9.96. The van der Waals surface area contributed by atoms with Gasteiger partial charge in [-0.25, -0.2) is 0 Å². The van der Waals surface area contributed by atoms with E-state index in [0.29, 0.717) is 0 Å². The van der Waals surface area contributed by atoms with Gasteiger partial charge in [-0.05, 0) is 62.9 Å². The van der Waals surface area contributed by atoms with E-state index in [1.807, 2.05) is 26.0 Å². The van der Waals surface area contributed by atoms with Crippen molar-refractivity contribution in [2.24, 2.45) is 0 Å². The standard InChI is InChI=1S/C21H27NO2/c1-6-20(18-9-7-14(2)8-10-18)22-21(23)17(5)24-19-12-15(3)11-16(4)13-19/h7-13,17,20H,6H2,1-5H3,(H,22,23)/t17-,20+/m0/s1. The molecule has 0 aromatic heterocycles. The third-order valence-corrected chi connectivity index (χ3v) is 4.08. The fourth-order valence-electron chi connectivity index (χ4n) is 2.77. The van der Waals surface area contributed by atoms with Crippen LogP contribution in [0.4, 0.5) is 0 Å². The normalized spacial score (nSPS) is 13.2. The Morgan fingerprint density at radius 3 is 2.12 bits per heavy atom. The Kier molecular flexibility index (Phi) is 6.02. The summed E-state index contributed by atoms with van der Waals surface area (Å²) in [7, 11) is 0. The molecule has 0 heterocycles. The van der Waals surface area contributed by atoms with E-state index in [1.165, 1.54) is 5.56 Å². The molecule has 0 spiro atoms. The predicted molar refractivity (Wildman–Crippen MR) is 98.4 cm³/mol. The summed E-state index contributed by atoms with van der Waals surface area (Å²) in [5.74, 6) is 0.639. The van der Waals surface area contributed by atoms with Crippen LogP contribution in [-0.4, -0.2) is 12.0 Å². The molecular weight excluding hydrogens is 298 g/mol. The van der Waals surface area contributed by atoms with Gasteiger partial charge in [0.1, 0.15) is 5.75 Å². The van der Waals surface area contributed by atoms with Crippen LogP contribution < -0.4 is 10.1 Å². The first-order valence-corrected chi connectivity index (χ1v) is 8.51. The third kappa shape index (κ3) is 4.85. The largest absolute Gasteiger partial charge is 0.481 e. The molecular formula is C21H27NO2. The van der Waals surface area contributed by atoms with E-state index in [-0.39, 0.29) is 11.9 Å². The minimum atomic E-state index is -0.536. The second-order valence-corrected chi connectivity index (χ2v) is 6.46. The summed E-state index contributed by atoms with van der Waals surface area (Å²) in [4.78, 5) is 12.5. The predicted octanol–water partition coefficient (Wildman–Crippen LogP) is 4.65. The SMILES string of the molecule is CC[C@@H](NC(=O)[C@H](C)Oc1cc(C)cc(C)c1)c1ccc(C)cc1. The number of hydrogen-bond donors (Lipinski definition) is 1. The summed E-state index contributed by atoms with van der Waals surface area (Å²) < 4.78 is 5.83. The maximum absolute atomic E-state index is 12.5. The summed E-state index contributed by atoms with van der Waals surface area (Å²) in [6, 6.07) is 14.3. The number of aryl methyl sites for hydroxylation is 3. The topological polar surface area (TPSA) is 38.3 Å². The minimum absolute atomic E-state index is 0.00314. The maximum Gasteiger partial charge on any atom is 0.261 e. The van der Waals surface area contributed by atoms with Gasteiger partial charge in [0.05, 0.1) is 6.04 Å². The molecule has 0 saturated heterocycles. The molecule has 0 aliphatic heterocycles. The number of hydrogen-bond acceptors (Lipinski definition) is 2. The van der Waals surface area contributed by atoms with Gasteiger partial charge >= 0.3 is 0 Å². The molecule has 2 atom stereocenters. The summed E-state index contributed by atoms with van der Waals surface area (Å²) in [5, 5.41) is 3.09. The summed E-state index contributed by atoms with van der Waals surface area (Å²) >= 11 is 0. The Morgan fingerprint density at radius 1 is 1.00 bits per heavy atom. The number of carbonyl (C=O) groups is 1. The number of carbonyl (C=O) groups excluding carboxylic acids is 1. The van der Waals surface area contributed by atoms with E-state index in [9.17, 15) is 4.79 Å². The van der Waals surface area contributed by atoms with Gasteiger partial charge < -0.3 is 10.1 Å². The lowest BCUT2D eigenvalue weighted by Gasteiger charge is -2.21. The molecule has 0 aliphatic carbocycles. The number of nitrogens with one attached hydrogen (secondary N) is 1. The first-order chi connectivity index (χ1) is 11.4. The van der Waals surface area contributed by atoms with Gasteiger partial charge in [-0.1, -0.05) is 42.8 Å². The lowest BCUT2D eigenvalue weighted by Crippen LogP contribution is -2.38. The lowest BCUT2D eigenvalue weighted by atomic mass is 10.0. The number of rotatable bonds is 6. The van der Waals surface area contributed by atoms with Gasteiger partial charge in [0.2, 0.25) is 0 Å². The highest BCUT2D eigenvalue weighted by molar-refractivity contribution is 5.81. The van der Waals surface area contributed by atoms with Crippen LogP contribution in [0.3, 0.4) is 0 Å². The third-order valence-electron chi connectivity index (χ3n) is 4.08. The van der Waals surface area contributed by atoms with Gasteiger partial charge in [0.15, 0.2) is 6.10 Å². The van der Waals surface area contributed by atoms with Crippen LogP contribution in [0, 0.1) is 20.8 Å². The van der Waals surface area contributed by atoms with Gasteiger partial charge in [0.25, 0.3) is 5.91 Å². The molecule has 0 saturated carbocycles. The maximum atomic E-state index is 12.5.